The number of rotatable bonds is 4. The molecule has 0 aromatic rings. The van der Waals surface area contributed by atoms with Crippen LogP contribution in [-0.2, 0) is 10.8 Å². The summed E-state index contributed by atoms with van der Waals surface area (Å²) in [5.41, 5.74) is 0. The van der Waals surface area contributed by atoms with Crippen molar-refractivity contribution in [2.45, 2.75) is 45.4 Å². The second-order valence-corrected chi connectivity index (χ2v) is 7.01. The molecule has 0 aliphatic rings. The molecule has 13 heavy (non-hydrogen) atoms. The van der Waals surface area contributed by atoms with Crippen LogP contribution in [-0.4, -0.2) is 27.8 Å². The van der Waals surface area contributed by atoms with E-state index in [9.17, 15) is 4.21 Å². The third-order valence-corrected chi connectivity index (χ3v) is 4.22. The first-order chi connectivity index (χ1) is 5.79. The van der Waals surface area contributed by atoms with Crippen molar-refractivity contribution in [1.82, 2.24) is 5.32 Å². The van der Waals surface area contributed by atoms with Crippen LogP contribution in [0.3, 0.4) is 0 Å². The van der Waals surface area contributed by atoms with Crippen molar-refractivity contribution in [3.05, 3.63) is 0 Å². The SMILES string of the molecule is CNC(CS(=O)C(C)(C)C)C(C)C. The summed E-state index contributed by atoms with van der Waals surface area (Å²) >= 11 is 0. The molecule has 0 aliphatic heterocycles. The van der Waals surface area contributed by atoms with Crippen molar-refractivity contribution in [1.29, 1.82) is 0 Å². The molecule has 80 valence electrons. The van der Waals surface area contributed by atoms with E-state index in [0.717, 1.165) is 5.75 Å². The van der Waals surface area contributed by atoms with Gasteiger partial charge in [-0.05, 0) is 33.7 Å². The van der Waals surface area contributed by atoms with Gasteiger partial charge in [-0.15, -0.1) is 0 Å². The molecule has 0 rings (SSSR count). The summed E-state index contributed by atoms with van der Waals surface area (Å²) < 4.78 is 11.7. The van der Waals surface area contributed by atoms with Gasteiger partial charge in [-0.3, -0.25) is 4.21 Å². The highest BCUT2D eigenvalue weighted by atomic mass is 32.2. The number of nitrogens with one attached hydrogen (secondary N) is 1. The molecule has 1 N–H and O–H groups in total. The summed E-state index contributed by atoms with van der Waals surface area (Å²) in [5.74, 6) is 1.29. The average molecular weight is 205 g/mol. The smallest absolute Gasteiger partial charge is 0.0396 e. The molecule has 0 spiro atoms. The minimum atomic E-state index is -0.750. The molecule has 0 radical (unpaired) electrons. The monoisotopic (exact) mass is 205 g/mol. The summed E-state index contributed by atoms with van der Waals surface area (Å²) in [4.78, 5) is 0. The van der Waals surface area contributed by atoms with Gasteiger partial charge in [0.2, 0.25) is 0 Å². The minimum Gasteiger partial charge on any atom is -0.316 e. The minimum absolute atomic E-state index is 0.0933. The first kappa shape index (κ1) is 13.1. The van der Waals surface area contributed by atoms with Gasteiger partial charge in [-0.1, -0.05) is 13.8 Å². The van der Waals surface area contributed by atoms with Gasteiger partial charge in [0.05, 0.1) is 0 Å². The normalized spacial score (nSPS) is 17.5. The summed E-state index contributed by atoms with van der Waals surface area (Å²) in [6, 6.07) is 0.361. The van der Waals surface area contributed by atoms with Crippen LogP contribution in [0.4, 0.5) is 0 Å². The Bertz CT molecular complexity index is 172. The zero-order chi connectivity index (χ0) is 10.6. The zero-order valence-corrected chi connectivity index (χ0v) is 10.5. The Kier molecular flexibility index (Phi) is 5.15. The maximum absolute atomic E-state index is 11.8. The third-order valence-electron chi connectivity index (χ3n) is 2.19. The van der Waals surface area contributed by atoms with Gasteiger partial charge in [-0.25, -0.2) is 0 Å². The molecule has 0 bridgehead atoms. The Hall–Kier alpha value is 0.110. The Morgan fingerprint density at radius 3 is 2.00 bits per heavy atom. The van der Waals surface area contributed by atoms with E-state index in [1.165, 1.54) is 0 Å². The van der Waals surface area contributed by atoms with Gasteiger partial charge in [0, 0.05) is 27.3 Å². The first-order valence-corrected chi connectivity index (χ1v) is 6.16. The highest BCUT2D eigenvalue weighted by Gasteiger charge is 2.23. The van der Waals surface area contributed by atoms with Crippen LogP contribution in [0.15, 0.2) is 0 Å². The molecule has 3 heteroatoms. The highest BCUT2D eigenvalue weighted by Crippen LogP contribution is 2.14. The van der Waals surface area contributed by atoms with Gasteiger partial charge in [-0.2, -0.15) is 0 Å². The highest BCUT2D eigenvalue weighted by molar-refractivity contribution is 7.86. The number of hydrogen-bond acceptors (Lipinski definition) is 2. The van der Waals surface area contributed by atoms with Crippen LogP contribution in [0.1, 0.15) is 34.6 Å². The van der Waals surface area contributed by atoms with E-state index in [1.54, 1.807) is 0 Å². The van der Waals surface area contributed by atoms with E-state index in [1.807, 2.05) is 27.8 Å². The summed E-state index contributed by atoms with van der Waals surface area (Å²) in [6.45, 7) is 10.4. The van der Waals surface area contributed by atoms with Crippen molar-refractivity contribution >= 4 is 10.8 Å². The molecule has 0 saturated heterocycles. The fraction of sp³-hybridized carbons (Fsp3) is 1.00. The van der Waals surface area contributed by atoms with Crippen LogP contribution in [0.2, 0.25) is 0 Å². The van der Waals surface area contributed by atoms with Gasteiger partial charge >= 0.3 is 0 Å². The lowest BCUT2D eigenvalue weighted by atomic mass is 10.1. The Morgan fingerprint density at radius 2 is 1.77 bits per heavy atom. The topological polar surface area (TPSA) is 29.1 Å². The maximum Gasteiger partial charge on any atom is 0.0396 e. The van der Waals surface area contributed by atoms with Gasteiger partial charge in [0.1, 0.15) is 0 Å². The van der Waals surface area contributed by atoms with Gasteiger partial charge in [0.25, 0.3) is 0 Å². The Morgan fingerprint density at radius 1 is 1.31 bits per heavy atom. The maximum atomic E-state index is 11.8. The Balaban J connectivity index is 4.18. The molecule has 2 unspecified atom stereocenters. The molecule has 0 aliphatic carbocycles. The van der Waals surface area contributed by atoms with Crippen LogP contribution in [0, 0.1) is 5.92 Å². The quantitative estimate of drug-likeness (QED) is 0.758. The number of hydrogen-bond donors (Lipinski definition) is 1. The van der Waals surface area contributed by atoms with Crippen molar-refractivity contribution < 1.29 is 4.21 Å². The molecule has 0 saturated carbocycles. The average Bonchev–Trinajstić information content (AvgIpc) is 1.96. The third kappa shape index (κ3) is 4.77. The van der Waals surface area contributed by atoms with E-state index in [0.29, 0.717) is 12.0 Å². The molecule has 0 heterocycles. The van der Waals surface area contributed by atoms with Crippen molar-refractivity contribution in [3.63, 3.8) is 0 Å². The summed E-state index contributed by atoms with van der Waals surface area (Å²) in [6.07, 6.45) is 0. The summed E-state index contributed by atoms with van der Waals surface area (Å²) in [5, 5.41) is 3.21. The predicted molar refractivity (Wildman–Crippen MR) is 60.4 cm³/mol. The molecule has 2 nitrogen and oxygen atoms in total. The fourth-order valence-electron chi connectivity index (χ4n) is 1.02. The second-order valence-electron chi connectivity index (χ2n) is 4.76. The molecule has 0 amide bonds. The van der Waals surface area contributed by atoms with Crippen LogP contribution in [0.25, 0.3) is 0 Å². The summed E-state index contributed by atoms with van der Waals surface area (Å²) in [7, 11) is 1.18. The lowest BCUT2D eigenvalue weighted by Crippen LogP contribution is -2.39. The van der Waals surface area contributed by atoms with E-state index in [-0.39, 0.29) is 4.75 Å². The zero-order valence-electron chi connectivity index (χ0n) is 9.68. The van der Waals surface area contributed by atoms with Crippen molar-refractivity contribution in [3.8, 4) is 0 Å². The van der Waals surface area contributed by atoms with E-state index in [2.05, 4.69) is 19.2 Å². The Labute approximate surface area is 84.9 Å². The lowest BCUT2D eigenvalue weighted by molar-refractivity contribution is 0.459. The fourth-order valence-corrected chi connectivity index (χ4v) is 2.40. The standard InChI is InChI=1S/C10H23NOS/c1-8(2)9(11-6)7-13(12)10(3,4)5/h8-9,11H,7H2,1-6H3. The second kappa shape index (κ2) is 5.11. The first-order valence-electron chi connectivity index (χ1n) is 4.84. The van der Waals surface area contributed by atoms with Crippen LogP contribution < -0.4 is 5.32 Å². The largest absolute Gasteiger partial charge is 0.316 e. The van der Waals surface area contributed by atoms with E-state index < -0.39 is 10.8 Å². The molecule has 0 aromatic carbocycles. The molecular formula is C10H23NOS. The van der Waals surface area contributed by atoms with Gasteiger partial charge < -0.3 is 5.32 Å². The predicted octanol–water partition coefficient (Wildman–Crippen LogP) is 1.78. The molecule has 0 fully saturated rings. The van der Waals surface area contributed by atoms with Crippen molar-refractivity contribution in [2.75, 3.05) is 12.8 Å². The van der Waals surface area contributed by atoms with Crippen LogP contribution in [0.5, 0.6) is 0 Å². The van der Waals surface area contributed by atoms with E-state index >= 15 is 0 Å². The lowest BCUT2D eigenvalue weighted by Gasteiger charge is -2.24. The van der Waals surface area contributed by atoms with Gasteiger partial charge in [0.15, 0.2) is 0 Å². The molecule has 2 atom stereocenters. The van der Waals surface area contributed by atoms with Crippen LogP contribution >= 0.6 is 0 Å². The van der Waals surface area contributed by atoms with Crippen molar-refractivity contribution in [2.24, 2.45) is 5.92 Å². The molecular weight excluding hydrogens is 182 g/mol. The van der Waals surface area contributed by atoms with E-state index in [4.69, 9.17) is 0 Å². The molecule has 0 aromatic heterocycles.